The Morgan fingerprint density at radius 3 is 2.48 bits per heavy atom. The van der Waals surface area contributed by atoms with Crippen molar-refractivity contribution in [3.05, 3.63) is 48.4 Å². The first kappa shape index (κ1) is 13.4. The fraction of sp³-hybridized carbons (Fsp3) is 0.176. The Kier molecular flexibility index (Phi) is 3.22. The number of hydrogen-bond acceptors (Lipinski definition) is 4. The molecule has 0 saturated heterocycles. The van der Waals surface area contributed by atoms with Crippen LogP contribution in [0.15, 0.2) is 42.7 Å². The molecule has 0 radical (unpaired) electrons. The lowest BCUT2D eigenvalue weighted by molar-refractivity contribution is 0.460. The highest BCUT2D eigenvalue weighted by Gasteiger charge is 2.09. The number of pyridine rings is 2. The molecule has 3 aromatic rings. The van der Waals surface area contributed by atoms with Crippen LogP contribution in [0, 0.1) is 0 Å². The molecule has 3 rings (SSSR count). The van der Waals surface area contributed by atoms with Crippen molar-refractivity contribution in [2.45, 2.75) is 19.8 Å². The van der Waals surface area contributed by atoms with Crippen LogP contribution in [0.25, 0.3) is 21.9 Å². The normalized spacial score (nSPS) is 11.2. The topological polar surface area (TPSA) is 72.0 Å². The number of aromatic nitrogens is 2. The second kappa shape index (κ2) is 5.05. The molecule has 0 amide bonds. The number of anilines is 1. The van der Waals surface area contributed by atoms with Gasteiger partial charge in [-0.3, -0.25) is 4.98 Å². The van der Waals surface area contributed by atoms with Gasteiger partial charge >= 0.3 is 0 Å². The first-order valence-corrected chi connectivity index (χ1v) is 6.89. The van der Waals surface area contributed by atoms with E-state index in [-0.39, 0.29) is 11.7 Å². The molecule has 0 atom stereocenters. The van der Waals surface area contributed by atoms with Crippen LogP contribution < -0.4 is 5.73 Å². The number of fused-ring (bicyclic) bond motifs is 1. The maximum atomic E-state index is 10.1. The number of aromatic hydroxyl groups is 1. The van der Waals surface area contributed by atoms with E-state index in [4.69, 9.17) is 5.73 Å². The lowest BCUT2D eigenvalue weighted by Crippen LogP contribution is -1.94. The molecule has 2 heterocycles. The number of nitrogen functional groups attached to an aromatic ring is 1. The Balaban J connectivity index is 2.09. The van der Waals surface area contributed by atoms with E-state index in [1.165, 1.54) is 0 Å². The molecular formula is C17H17N3O. The predicted octanol–water partition coefficient (Wildman–Crippen LogP) is 3.71. The minimum absolute atomic E-state index is 0.196. The van der Waals surface area contributed by atoms with E-state index < -0.39 is 0 Å². The molecule has 1 aromatic carbocycles. The Hall–Kier alpha value is -2.62. The summed E-state index contributed by atoms with van der Waals surface area (Å²) in [6, 6.07) is 9.61. The molecule has 0 spiro atoms. The number of nitrogens with two attached hydrogens (primary N) is 1. The van der Waals surface area contributed by atoms with E-state index in [9.17, 15) is 5.11 Å². The molecule has 2 aromatic heterocycles. The van der Waals surface area contributed by atoms with Gasteiger partial charge in [-0.25, -0.2) is 4.98 Å². The van der Waals surface area contributed by atoms with E-state index in [0.29, 0.717) is 11.5 Å². The van der Waals surface area contributed by atoms with E-state index in [1.807, 2.05) is 38.1 Å². The highest BCUT2D eigenvalue weighted by atomic mass is 16.3. The molecule has 0 aliphatic rings. The Morgan fingerprint density at radius 1 is 0.952 bits per heavy atom. The van der Waals surface area contributed by atoms with Crippen molar-refractivity contribution in [2.24, 2.45) is 0 Å². The zero-order chi connectivity index (χ0) is 15.0. The molecule has 0 fully saturated rings. The molecular weight excluding hydrogens is 262 g/mol. The van der Waals surface area contributed by atoms with Gasteiger partial charge in [-0.2, -0.15) is 0 Å². The van der Waals surface area contributed by atoms with Crippen LogP contribution >= 0.6 is 0 Å². The van der Waals surface area contributed by atoms with Crippen molar-refractivity contribution in [1.82, 2.24) is 9.97 Å². The molecule has 106 valence electrons. The molecule has 0 bridgehead atoms. The molecule has 4 nitrogen and oxygen atoms in total. The van der Waals surface area contributed by atoms with E-state index >= 15 is 0 Å². The Bertz CT molecular complexity index is 812. The summed E-state index contributed by atoms with van der Waals surface area (Å²) in [6.07, 6.45) is 3.55. The number of nitrogens with zero attached hydrogens (tertiary/aromatic N) is 2. The standard InChI is InChI=1S/C17H17N3O/c1-10(2)17-15(21)6-14(9-20-17)11-3-4-12-8-19-16(18)7-13(12)5-11/h3-10,21H,1-2H3,(H2,18,19). The summed E-state index contributed by atoms with van der Waals surface area (Å²) < 4.78 is 0. The Morgan fingerprint density at radius 2 is 1.76 bits per heavy atom. The lowest BCUT2D eigenvalue weighted by Gasteiger charge is -2.10. The van der Waals surface area contributed by atoms with E-state index in [2.05, 4.69) is 9.97 Å². The fourth-order valence-electron chi connectivity index (χ4n) is 2.40. The third kappa shape index (κ3) is 2.52. The van der Waals surface area contributed by atoms with Gasteiger partial charge in [0, 0.05) is 23.3 Å². The second-order valence-electron chi connectivity index (χ2n) is 5.45. The van der Waals surface area contributed by atoms with Gasteiger partial charge in [-0.15, -0.1) is 0 Å². The maximum Gasteiger partial charge on any atom is 0.137 e. The average molecular weight is 279 g/mol. The first-order valence-electron chi connectivity index (χ1n) is 6.89. The quantitative estimate of drug-likeness (QED) is 0.750. The molecule has 0 saturated carbocycles. The van der Waals surface area contributed by atoms with Gasteiger partial charge in [0.2, 0.25) is 0 Å². The third-order valence-corrected chi connectivity index (χ3v) is 3.52. The van der Waals surface area contributed by atoms with Crippen LogP contribution in [0.5, 0.6) is 5.75 Å². The minimum atomic E-state index is 0.196. The predicted molar refractivity (Wildman–Crippen MR) is 85.1 cm³/mol. The average Bonchev–Trinajstić information content (AvgIpc) is 2.46. The summed E-state index contributed by atoms with van der Waals surface area (Å²) in [5.74, 6) is 0.925. The van der Waals surface area contributed by atoms with Gasteiger partial charge in [0.15, 0.2) is 0 Å². The van der Waals surface area contributed by atoms with Gasteiger partial charge < -0.3 is 10.8 Å². The smallest absolute Gasteiger partial charge is 0.137 e. The van der Waals surface area contributed by atoms with Crippen LogP contribution in [0.4, 0.5) is 5.82 Å². The molecule has 21 heavy (non-hydrogen) atoms. The molecule has 0 aliphatic carbocycles. The summed E-state index contributed by atoms with van der Waals surface area (Å²) in [4.78, 5) is 8.44. The van der Waals surface area contributed by atoms with Crippen LogP contribution in [-0.4, -0.2) is 15.1 Å². The van der Waals surface area contributed by atoms with Crippen molar-refractivity contribution >= 4 is 16.6 Å². The molecule has 4 heteroatoms. The lowest BCUT2D eigenvalue weighted by atomic mass is 10.0. The SMILES string of the molecule is CC(C)c1ncc(-c2ccc3cnc(N)cc3c2)cc1O. The summed E-state index contributed by atoms with van der Waals surface area (Å²) in [6.45, 7) is 4.01. The highest BCUT2D eigenvalue weighted by Crippen LogP contribution is 2.30. The van der Waals surface area contributed by atoms with Gasteiger partial charge in [0.25, 0.3) is 0 Å². The fourth-order valence-corrected chi connectivity index (χ4v) is 2.40. The molecule has 3 N–H and O–H groups in total. The van der Waals surface area contributed by atoms with Gasteiger partial charge in [-0.1, -0.05) is 26.0 Å². The van der Waals surface area contributed by atoms with Crippen LogP contribution in [0.2, 0.25) is 0 Å². The highest BCUT2D eigenvalue weighted by molar-refractivity contribution is 5.88. The monoisotopic (exact) mass is 279 g/mol. The van der Waals surface area contributed by atoms with Crippen LogP contribution in [-0.2, 0) is 0 Å². The first-order chi connectivity index (χ1) is 10.0. The summed E-state index contributed by atoms with van der Waals surface area (Å²) in [7, 11) is 0. The van der Waals surface area contributed by atoms with Crippen LogP contribution in [0.3, 0.4) is 0 Å². The third-order valence-electron chi connectivity index (χ3n) is 3.52. The summed E-state index contributed by atoms with van der Waals surface area (Å²) in [5.41, 5.74) is 8.32. The van der Waals surface area contributed by atoms with Crippen molar-refractivity contribution in [2.75, 3.05) is 5.73 Å². The molecule has 0 aliphatic heterocycles. The Labute approximate surface area is 123 Å². The number of hydrogen-bond donors (Lipinski definition) is 2. The largest absolute Gasteiger partial charge is 0.506 e. The van der Waals surface area contributed by atoms with E-state index in [0.717, 1.165) is 21.9 Å². The summed E-state index contributed by atoms with van der Waals surface area (Å²) >= 11 is 0. The zero-order valence-corrected chi connectivity index (χ0v) is 12.0. The van der Waals surface area contributed by atoms with Gasteiger partial charge in [-0.05, 0) is 35.1 Å². The number of benzene rings is 1. The number of rotatable bonds is 2. The van der Waals surface area contributed by atoms with Crippen molar-refractivity contribution in [3.63, 3.8) is 0 Å². The molecule has 0 unspecified atom stereocenters. The maximum absolute atomic E-state index is 10.1. The minimum Gasteiger partial charge on any atom is -0.506 e. The van der Waals surface area contributed by atoms with Gasteiger partial charge in [0.1, 0.15) is 11.6 Å². The van der Waals surface area contributed by atoms with Gasteiger partial charge in [0.05, 0.1) is 5.69 Å². The van der Waals surface area contributed by atoms with Crippen molar-refractivity contribution in [1.29, 1.82) is 0 Å². The van der Waals surface area contributed by atoms with Crippen molar-refractivity contribution < 1.29 is 5.11 Å². The summed E-state index contributed by atoms with van der Waals surface area (Å²) in [5, 5.41) is 12.1. The van der Waals surface area contributed by atoms with Crippen molar-refractivity contribution in [3.8, 4) is 16.9 Å². The van der Waals surface area contributed by atoms with E-state index in [1.54, 1.807) is 18.5 Å². The second-order valence-corrected chi connectivity index (χ2v) is 5.45. The zero-order valence-electron chi connectivity index (χ0n) is 12.0. The van der Waals surface area contributed by atoms with Crippen LogP contribution in [0.1, 0.15) is 25.5 Å².